The number of hydrogen-bond donors (Lipinski definition) is 1. The average molecular weight is 367 g/mol. The highest BCUT2D eigenvalue weighted by Gasteiger charge is 2.21. The van der Waals surface area contributed by atoms with E-state index in [1.807, 2.05) is 31.2 Å². The third-order valence-electron chi connectivity index (χ3n) is 4.68. The fraction of sp³-hybridized carbons (Fsp3) is 0.364. The van der Waals surface area contributed by atoms with Crippen molar-refractivity contribution in [2.45, 2.75) is 45.6 Å². The van der Waals surface area contributed by atoms with Crippen molar-refractivity contribution in [3.05, 3.63) is 59.2 Å². The molecule has 5 heteroatoms. The van der Waals surface area contributed by atoms with Crippen LogP contribution in [-0.4, -0.2) is 24.6 Å². The van der Waals surface area contributed by atoms with Gasteiger partial charge < -0.3 is 14.8 Å². The summed E-state index contributed by atoms with van der Waals surface area (Å²) >= 11 is 0. The van der Waals surface area contributed by atoms with Crippen molar-refractivity contribution in [2.24, 2.45) is 0 Å². The second-order valence-corrected chi connectivity index (χ2v) is 6.66. The first-order valence-corrected chi connectivity index (χ1v) is 9.44. The van der Waals surface area contributed by atoms with Crippen molar-refractivity contribution in [3.8, 4) is 5.75 Å². The van der Waals surface area contributed by atoms with Crippen LogP contribution in [0.3, 0.4) is 0 Å². The molecule has 1 unspecified atom stereocenters. The number of para-hydroxylation sites is 2. The van der Waals surface area contributed by atoms with Crippen molar-refractivity contribution in [2.75, 3.05) is 11.9 Å². The molecular weight excluding hydrogens is 342 g/mol. The number of carbonyl (C=O) groups excluding carboxylic acids is 2. The van der Waals surface area contributed by atoms with E-state index in [1.54, 1.807) is 25.1 Å². The van der Waals surface area contributed by atoms with Gasteiger partial charge in [0.05, 0.1) is 17.9 Å². The van der Waals surface area contributed by atoms with Gasteiger partial charge in [0.15, 0.2) is 6.10 Å². The SMILES string of the molecule is CCOc1ccccc1NC(=O)C(C)OC(=O)c1ccc2c(c1)CCCC2. The minimum absolute atomic E-state index is 0.395. The number of esters is 1. The van der Waals surface area contributed by atoms with E-state index in [1.165, 1.54) is 17.5 Å². The summed E-state index contributed by atoms with van der Waals surface area (Å²) in [6.45, 7) is 3.94. The summed E-state index contributed by atoms with van der Waals surface area (Å²) in [6, 6.07) is 12.8. The molecular formula is C22H25NO4. The molecule has 2 aromatic carbocycles. The molecule has 0 spiro atoms. The number of rotatable bonds is 6. The predicted molar refractivity (Wildman–Crippen MR) is 104 cm³/mol. The van der Waals surface area contributed by atoms with Crippen molar-refractivity contribution < 1.29 is 19.1 Å². The Morgan fingerprint density at radius 2 is 1.81 bits per heavy atom. The average Bonchev–Trinajstić information content (AvgIpc) is 2.69. The summed E-state index contributed by atoms with van der Waals surface area (Å²) in [5.74, 6) is -0.292. The Morgan fingerprint density at radius 3 is 2.59 bits per heavy atom. The van der Waals surface area contributed by atoms with Crippen LogP contribution in [0.25, 0.3) is 0 Å². The molecule has 1 atom stereocenters. The quantitative estimate of drug-likeness (QED) is 0.779. The lowest BCUT2D eigenvalue weighted by Gasteiger charge is -2.18. The van der Waals surface area contributed by atoms with Gasteiger partial charge in [-0.25, -0.2) is 4.79 Å². The summed E-state index contributed by atoms with van der Waals surface area (Å²) in [5.41, 5.74) is 3.56. The van der Waals surface area contributed by atoms with Crippen molar-refractivity contribution in [1.29, 1.82) is 0 Å². The van der Waals surface area contributed by atoms with Gasteiger partial charge in [0.25, 0.3) is 5.91 Å². The molecule has 0 fully saturated rings. The molecule has 0 aliphatic heterocycles. The molecule has 0 saturated heterocycles. The maximum absolute atomic E-state index is 12.4. The van der Waals surface area contributed by atoms with Crippen LogP contribution < -0.4 is 10.1 Å². The number of ether oxygens (including phenoxy) is 2. The Balaban J connectivity index is 1.63. The molecule has 1 aliphatic carbocycles. The van der Waals surface area contributed by atoms with Gasteiger partial charge in [0, 0.05) is 0 Å². The summed E-state index contributed by atoms with van der Waals surface area (Å²) in [4.78, 5) is 24.9. The van der Waals surface area contributed by atoms with Crippen LogP contribution >= 0.6 is 0 Å². The summed E-state index contributed by atoms with van der Waals surface area (Å²) < 4.78 is 10.9. The van der Waals surface area contributed by atoms with Crippen LogP contribution in [0.4, 0.5) is 5.69 Å². The maximum atomic E-state index is 12.4. The lowest BCUT2D eigenvalue weighted by molar-refractivity contribution is -0.123. The third-order valence-corrected chi connectivity index (χ3v) is 4.68. The minimum atomic E-state index is -0.914. The fourth-order valence-corrected chi connectivity index (χ4v) is 3.23. The van der Waals surface area contributed by atoms with Crippen LogP contribution in [-0.2, 0) is 22.4 Å². The first-order chi connectivity index (χ1) is 13.1. The van der Waals surface area contributed by atoms with Crippen molar-refractivity contribution in [1.82, 2.24) is 0 Å². The molecule has 2 aromatic rings. The van der Waals surface area contributed by atoms with Crippen LogP contribution in [0.1, 0.15) is 48.2 Å². The molecule has 1 amide bonds. The Bertz CT molecular complexity index is 831. The van der Waals surface area contributed by atoms with Crippen LogP contribution in [0.5, 0.6) is 5.75 Å². The first-order valence-electron chi connectivity index (χ1n) is 9.44. The smallest absolute Gasteiger partial charge is 0.338 e. The molecule has 3 rings (SSSR count). The molecule has 1 aliphatic rings. The van der Waals surface area contributed by atoms with Crippen LogP contribution in [0.15, 0.2) is 42.5 Å². The van der Waals surface area contributed by atoms with Crippen molar-refractivity contribution in [3.63, 3.8) is 0 Å². The minimum Gasteiger partial charge on any atom is -0.492 e. The highest BCUT2D eigenvalue weighted by Crippen LogP contribution is 2.25. The second-order valence-electron chi connectivity index (χ2n) is 6.66. The molecule has 0 radical (unpaired) electrons. The molecule has 27 heavy (non-hydrogen) atoms. The maximum Gasteiger partial charge on any atom is 0.338 e. The predicted octanol–water partition coefficient (Wildman–Crippen LogP) is 4.15. The summed E-state index contributed by atoms with van der Waals surface area (Å²) in [7, 11) is 0. The zero-order valence-electron chi connectivity index (χ0n) is 15.8. The summed E-state index contributed by atoms with van der Waals surface area (Å²) in [6.07, 6.45) is 3.47. The highest BCUT2D eigenvalue weighted by atomic mass is 16.5. The molecule has 1 N–H and O–H groups in total. The van der Waals surface area contributed by atoms with E-state index in [2.05, 4.69) is 5.32 Å². The van der Waals surface area contributed by atoms with E-state index < -0.39 is 18.0 Å². The monoisotopic (exact) mass is 367 g/mol. The van der Waals surface area contributed by atoms with Crippen LogP contribution in [0.2, 0.25) is 0 Å². The van der Waals surface area contributed by atoms with E-state index >= 15 is 0 Å². The zero-order chi connectivity index (χ0) is 19.2. The fourth-order valence-electron chi connectivity index (χ4n) is 3.23. The molecule has 0 bridgehead atoms. The Hall–Kier alpha value is -2.82. The van der Waals surface area contributed by atoms with Gasteiger partial charge in [0.1, 0.15) is 5.75 Å². The molecule has 0 saturated carbocycles. The molecule has 0 aromatic heterocycles. The molecule has 5 nitrogen and oxygen atoms in total. The van der Waals surface area contributed by atoms with Gasteiger partial charge in [-0.15, -0.1) is 0 Å². The Labute approximate surface area is 159 Å². The van der Waals surface area contributed by atoms with Gasteiger partial charge in [-0.3, -0.25) is 4.79 Å². The Morgan fingerprint density at radius 1 is 1.07 bits per heavy atom. The number of fused-ring (bicyclic) bond motifs is 1. The second kappa shape index (κ2) is 8.71. The van der Waals surface area contributed by atoms with E-state index in [9.17, 15) is 9.59 Å². The van der Waals surface area contributed by atoms with Gasteiger partial charge in [-0.2, -0.15) is 0 Å². The lowest BCUT2D eigenvalue weighted by atomic mass is 9.90. The lowest BCUT2D eigenvalue weighted by Crippen LogP contribution is -2.30. The first kappa shape index (κ1) is 19.0. The molecule has 0 heterocycles. The number of hydrogen-bond acceptors (Lipinski definition) is 4. The third kappa shape index (κ3) is 4.67. The normalized spacial score (nSPS) is 14.0. The number of amides is 1. The zero-order valence-corrected chi connectivity index (χ0v) is 15.8. The standard InChI is InChI=1S/C22H25NO4/c1-3-26-20-11-7-6-10-19(20)23-21(24)15(2)27-22(25)18-13-12-16-8-4-5-9-17(16)14-18/h6-7,10-15H,3-5,8-9H2,1-2H3,(H,23,24). The van der Waals surface area contributed by atoms with Gasteiger partial charge >= 0.3 is 5.97 Å². The highest BCUT2D eigenvalue weighted by molar-refractivity contribution is 5.98. The van der Waals surface area contributed by atoms with Gasteiger partial charge in [-0.1, -0.05) is 18.2 Å². The van der Waals surface area contributed by atoms with E-state index in [0.29, 0.717) is 23.6 Å². The van der Waals surface area contributed by atoms with Gasteiger partial charge in [0.2, 0.25) is 0 Å². The van der Waals surface area contributed by atoms with E-state index in [4.69, 9.17) is 9.47 Å². The number of carbonyl (C=O) groups is 2. The van der Waals surface area contributed by atoms with E-state index in [0.717, 1.165) is 19.3 Å². The largest absolute Gasteiger partial charge is 0.492 e. The number of benzene rings is 2. The van der Waals surface area contributed by atoms with E-state index in [-0.39, 0.29) is 0 Å². The van der Waals surface area contributed by atoms with Gasteiger partial charge in [-0.05, 0) is 74.9 Å². The van der Waals surface area contributed by atoms with Crippen LogP contribution in [0, 0.1) is 0 Å². The molecule has 142 valence electrons. The number of anilines is 1. The topological polar surface area (TPSA) is 64.6 Å². The Kier molecular flexibility index (Phi) is 6.12. The summed E-state index contributed by atoms with van der Waals surface area (Å²) in [5, 5.41) is 2.76. The number of aryl methyl sites for hydroxylation is 2. The van der Waals surface area contributed by atoms with Crippen molar-refractivity contribution >= 4 is 17.6 Å². The number of nitrogens with one attached hydrogen (secondary N) is 1.